The number of ether oxygens (including phenoxy) is 1. The minimum atomic E-state index is -1.37. The standard InChI is InChI=1S/C11H20O3Si/c1-5-14-11(13)9-10(12)7-6-8-15(2,3)4/h10,12H,5,7,9H2,1-4H3. The number of carbonyl (C=O) groups is 1. The summed E-state index contributed by atoms with van der Waals surface area (Å²) in [5.74, 6) is 2.57. The van der Waals surface area contributed by atoms with Crippen molar-refractivity contribution in [2.45, 2.75) is 45.5 Å². The monoisotopic (exact) mass is 228 g/mol. The Bertz CT molecular complexity index is 257. The summed E-state index contributed by atoms with van der Waals surface area (Å²) in [4.78, 5) is 11.0. The molecule has 0 spiro atoms. The molecule has 0 rings (SSSR count). The molecule has 0 fully saturated rings. The van der Waals surface area contributed by atoms with Crippen LogP contribution in [0.3, 0.4) is 0 Å². The summed E-state index contributed by atoms with van der Waals surface area (Å²) in [6.45, 7) is 8.51. The van der Waals surface area contributed by atoms with E-state index in [1.54, 1.807) is 6.92 Å². The van der Waals surface area contributed by atoms with Gasteiger partial charge in [0.25, 0.3) is 0 Å². The van der Waals surface area contributed by atoms with E-state index in [9.17, 15) is 9.90 Å². The second-order valence-corrected chi connectivity index (χ2v) is 9.17. The van der Waals surface area contributed by atoms with E-state index in [0.29, 0.717) is 13.0 Å². The Morgan fingerprint density at radius 2 is 2.07 bits per heavy atom. The zero-order chi connectivity index (χ0) is 11.9. The summed E-state index contributed by atoms with van der Waals surface area (Å²) >= 11 is 0. The third kappa shape index (κ3) is 9.51. The second-order valence-electron chi connectivity index (χ2n) is 4.42. The highest BCUT2D eigenvalue weighted by molar-refractivity contribution is 6.83. The Balaban J connectivity index is 3.88. The molecule has 1 atom stereocenters. The first-order valence-electron chi connectivity index (χ1n) is 5.19. The largest absolute Gasteiger partial charge is 0.466 e. The van der Waals surface area contributed by atoms with Gasteiger partial charge in [-0.25, -0.2) is 0 Å². The van der Waals surface area contributed by atoms with Gasteiger partial charge >= 0.3 is 5.97 Å². The van der Waals surface area contributed by atoms with Crippen molar-refractivity contribution in [2.24, 2.45) is 0 Å². The van der Waals surface area contributed by atoms with Crippen LogP contribution in [0.4, 0.5) is 0 Å². The summed E-state index contributed by atoms with van der Waals surface area (Å²) < 4.78 is 4.72. The predicted molar refractivity (Wildman–Crippen MR) is 63.0 cm³/mol. The maximum absolute atomic E-state index is 11.0. The van der Waals surface area contributed by atoms with E-state index < -0.39 is 14.2 Å². The molecule has 1 N–H and O–H groups in total. The lowest BCUT2D eigenvalue weighted by molar-refractivity contribution is -0.145. The fourth-order valence-electron chi connectivity index (χ4n) is 0.918. The van der Waals surface area contributed by atoms with Gasteiger partial charge in [0, 0.05) is 6.42 Å². The first-order chi connectivity index (χ1) is 6.85. The molecule has 0 radical (unpaired) electrons. The maximum Gasteiger partial charge on any atom is 0.308 e. The molecule has 86 valence electrons. The van der Waals surface area contributed by atoms with Crippen LogP contribution in [0.5, 0.6) is 0 Å². The molecule has 0 aromatic carbocycles. The summed E-state index contributed by atoms with van der Waals surface area (Å²) in [6.07, 6.45) is -0.315. The molecule has 15 heavy (non-hydrogen) atoms. The molecule has 0 bridgehead atoms. The van der Waals surface area contributed by atoms with E-state index in [4.69, 9.17) is 4.74 Å². The van der Waals surface area contributed by atoms with Crippen LogP contribution in [-0.4, -0.2) is 31.9 Å². The molecule has 0 aliphatic rings. The fourth-order valence-corrected chi connectivity index (χ4v) is 1.55. The first kappa shape index (κ1) is 14.2. The lowest BCUT2D eigenvalue weighted by Gasteiger charge is -2.07. The van der Waals surface area contributed by atoms with Gasteiger partial charge in [-0.15, -0.1) is 11.5 Å². The Morgan fingerprint density at radius 1 is 1.47 bits per heavy atom. The molecule has 4 heteroatoms. The van der Waals surface area contributed by atoms with Crippen LogP contribution in [-0.2, 0) is 9.53 Å². The van der Waals surface area contributed by atoms with Crippen LogP contribution >= 0.6 is 0 Å². The molecular formula is C11H20O3Si. The van der Waals surface area contributed by atoms with E-state index in [1.807, 2.05) is 0 Å². The van der Waals surface area contributed by atoms with Gasteiger partial charge in [-0.1, -0.05) is 19.6 Å². The first-order valence-corrected chi connectivity index (χ1v) is 8.69. The number of esters is 1. The van der Waals surface area contributed by atoms with Crippen molar-refractivity contribution >= 4 is 14.0 Å². The summed E-state index contributed by atoms with van der Waals surface area (Å²) in [5, 5.41) is 9.46. The molecule has 0 aromatic heterocycles. The van der Waals surface area contributed by atoms with Crippen molar-refractivity contribution < 1.29 is 14.6 Å². The van der Waals surface area contributed by atoms with Crippen molar-refractivity contribution in [1.29, 1.82) is 0 Å². The Morgan fingerprint density at radius 3 is 2.53 bits per heavy atom. The third-order valence-corrected chi connectivity index (χ3v) is 2.44. The quantitative estimate of drug-likeness (QED) is 0.451. The van der Waals surface area contributed by atoms with E-state index in [-0.39, 0.29) is 12.4 Å². The number of rotatable bonds is 4. The second kappa shape index (κ2) is 6.65. The van der Waals surface area contributed by atoms with E-state index in [1.165, 1.54) is 0 Å². The predicted octanol–water partition coefficient (Wildman–Crippen LogP) is 1.57. The Labute approximate surface area is 92.8 Å². The number of aliphatic hydroxyl groups is 1. The van der Waals surface area contributed by atoms with Crippen LogP contribution in [0.2, 0.25) is 19.6 Å². The molecule has 3 nitrogen and oxygen atoms in total. The highest BCUT2D eigenvalue weighted by Gasteiger charge is 2.11. The normalized spacial score (nSPS) is 12.6. The number of hydrogen-bond acceptors (Lipinski definition) is 3. The Kier molecular flexibility index (Phi) is 6.30. The van der Waals surface area contributed by atoms with Crippen molar-refractivity contribution in [3.8, 4) is 11.5 Å². The van der Waals surface area contributed by atoms with Crippen molar-refractivity contribution in [3.05, 3.63) is 0 Å². The van der Waals surface area contributed by atoms with Gasteiger partial charge in [0.15, 0.2) is 0 Å². The van der Waals surface area contributed by atoms with Crippen LogP contribution in [0.1, 0.15) is 19.8 Å². The van der Waals surface area contributed by atoms with Gasteiger partial charge in [0.1, 0.15) is 8.07 Å². The maximum atomic E-state index is 11.0. The average molecular weight is 228 g/mol. The molecule has 0 aromatic rings. The summed E-state index contributed by atoms with van der Waals surface area (Å²) in [6, 6.07) is 0. The zero-order valence-electron chi connectivity index (χ0n) is 9.96. The minimum absolute atomic E-state index is 0.0359. The van der Waals surface area contributed by atoms with Crippen LogP contribution in [0.25, 0.3) is 0 Å². The van der Waals surface area contributed by atoms with Crippen molar-refractivity contribution in [3.63, 3.8) is 0 Å². The van der Waals surface area contributed by atoms with E-state index in [2.05, 4.69) is 31.1 Å². The molecule has 0 saturated carbocycles. The highest BCUT2D eigenvalue weighted by Crippen LogP contribution is 2.01. The molecule has 0 amide bonds. The number of carbonyl (C=O) groups excluding carboxylic acids is 1. The van der Waals surface area contributed by atoms with Gasteiger partial charge in [-0.2, -0.15) is 0 Å². The summed E-state index contributed by atoms with van der Waals surface area (Å²) in [7, 11) is -1.37. The number of aliphatic hydroxyl groups excluding tert-OH is 1. The molecule has 0 aliphatic carbocycles. The van der Waals surface area contributed by atoms with Crippen molar-refractivity contribution in [2.75, 3.05) is 6.61 Å². The van der Waals surface area contributed by atoms with Gasteiger partial charge in [0.05, 0.1) is 19.1 Å². The van der Waals surface area contributed by atoms with Crippen molar-refractivity contribution in [1.82, 2.24) is 0 Å². The number of hydrogen-bond donors (Lipinski definition) is 1. The molecule has 0 saturated heterocycles. The fraction of sp³-hybridized carbons (Fsp3) is 0.727. The van der Waals surface area contributed by atoms with E-state index >= 15 is 0 Å². The van der Waals surface area contributed by atoms with Crippen LogP contribution < -0.4 is 0 Å². The molecule has 0 heterocycles. The zero-order valence-corrected chi connectivity index (χ0v) is 11.0. The lowest BCUT2D eigenvalue weighted by Crippen LogP contribution is -2.18. The summed E-state index contributed by atoms with van der Waals surface area (Å²) in [5.41, 5.74) is 3.13. The SMILES string of the molecule is CCOC(=O)CC(O)CC#C[Si](C)(C)C. The lowest BCUT2D eigenvalue weighted by atomic mass is 10.2. The molecule has 0 aliphatic heterocycles. The smallest absolute Gasteiger partial charge is 0.308 e. The van der Waals surface area contributed by atoms with Crippen LogP contribution in [0.15, 0.2) is 0 Å². The molecule has 1 unspecified atom stereocenters. The van der Waals surface area contributed by atoms with Gasteiger partial charge in [-0.05, 0) is 6.92 Å². The van der Waals surface area contributed by atoms with Gasteiger partial charge in [0.2, 0.25) is 0 Å². The van der Waals surface area contributed by atoms with E-state index in [0.717, 1.165) is 0 Å². The minimum Gasteiger partial charge on any atom is -0.466 e. The highest BCUT2D eigenvalue weighted by atomic mass is 28.3. The molecular weight excluding hydrogens is 208 g/mol. The Hall–Kier alpha value is -0.793. The third-order valence-electron chi connectivity index (χ3n) is 1.51. The topological polar surface area (TPSA) is 46.5 Å². The van der Waals surface area contributed by atoms with Crippen LogP contribution in [0, 0.1) is 11.5 Å². The van der Waals surface area contributed by atoms with Gasteiger partial charge < -0.3 is 9.84 Å². The van der Waals surface area contributed by atoms with Gasteiger partial charge in [-0.3, -0.25) is 4.79 Å². The average Bonchev–Trinajstić information content (AvgIpc) is 2.01.